The van der Waals surface area contributed by atoms with Crippen LogP contribution in [0.4, 0.5) is 0 Å². The highest BCUT2D eigenvalue weighted by molar-refractivity contribution is 5.79. The molecule has 118 valence electrons. The SMILES string of the molecule is CCNC(=NCCc1cnn(C)c1)N(C)Cc1ccccc1. The summed E-state index contributed by atoms with van der Waals surface area (Å²) in [6.45, 7) is 4.56. The summed E-state index contributed by atoms with van der Waals surface area (Å²) >= 11 is 0. The van der Waals surface area contributed by atoms with Crippen LogP contribution in [0.5, 0.6) is 0 Å². The van der Waals surface area contributed by atoms with Crippen molar-refractivity contribution in [2.24, 2.45) is 12.0 Å². The predicted octanol–water partition coefficient (Wildman–Crippen LogP) is 2.06. The van der Waals surface area contributed by atoms with E-state index in [1.54, 1.807) is 0 Å². The van der Waals surface area contributed by atoms with Crippen LogP contribution in [0, 0.1) is 0 Å². The molecule has 1 aromatic carbocycles. The minimum Gasteiger partial charge on any atom is -0.357 e. The van der Waals surface area contributed by atoms with E-state index in [2.05, 4.69) is 53.6 Å². The largest absolute Gasteiger partial charge is 0.357 e. The standard InChI is InChI=1S/C17H25N5/c1-4-18-17(19-11-10-16-12-20-22(3)14-16)21(2)13-15-8-6-5-7-9-15/h5-9,12,14H,4,10-11,13H2,1-3H3,(H,18,19). The molecule has 0 saturated heterocycles. The van der Waals surface area contributed by atoms with E-state index in [0.29, 0.717) is 0 Å². The summed E-state index contributed by atoms with van der Waals surface area (Å²) in [5.41, 5.74) is 2.50. The third-order valence-electron chi connectivity index (χ3n) is 3.38. The maximum atomic E-state index is 4.71. The van der Waals surface area contributed by atoms with E-state index in [0.717, 1.165) is 32.0 Å². The monoisotopic (exact) mass is 299 g/mol. The molecule has 0 bridgehead atoms. The number of rotatable bonds is 6. The van der Waals surface area contributed by atoms with Crippen molar-refractivity contribution in [3.63, 3.8) is 0 Å². The van der Waals surface area contributed by atoms with Gasteiger partial charge in [-0.2, -0.15) is 5.10 Å². The third-order valence-corrected chi connectivity index (χ3v) is 3.38. The highest BCUT2D eigenvalue weighted by atomic mass is 15.3. The first kappa shape index (κ1) is 16.1. The summed E-state index contributed by atoms with van der Waals surface area (Å²) in [4.78, 5) is 6.86. The van der Waals surface area contributed by atoms with Crippen molar-refractivity contribution in [2.75, 3.05) is 20.1 Å². The maximum absolute atomic E-state index is 4.71. The van der Waals surface area contributed by atoms with Gasteiger partial charge in [0.2, 0.25) is 0 Å². The quantitative estimate of drug-likeness (QED) is 0.656. The minimum atomic E-state index is 0.757. The summed E-state index contributed by atoms with van der Waals surface area (Å²) in [5.74, 6) is 0.940. The van der Waals surface area contributed by atoms with Crippen molar-refractivity contribution in [1.82, 2.24) is 20.0 Å². The second kappa shape index (κ2) is 8.22. The second-order valence-corrected chi connectivity index (χ2v) is 5.35. The molecule has 2 aromatic rings. The zero-order chi connectivity index (χ0) is 15.8. The van der Waals surface area contributed by atoms with E-state index < -0.39 is 0 Å². The normalized spacial score (nSPS) is 11.5. The Morgan fingerprint density at radius 3 is 2.68 bits per heavy atom. The van der Waals surface area contributed by atoms with Gasteiger partial charge in [0, 0.05) is 39.9 Å². The van der Waals surface area contributed by atoms with Crippen LogP contribution in [-0.4, -0.2) is 40.8 Å². The van der Waals surface area contributed by atoms with Crippen LogP contribution in [0.2, 0.25) is 0 Å². The maximum Gasteiger partial charge on any atom is 0.193 e. The highest BCUT2D eigenvalue weighted by Gasteiger charge is 2.06. The predicted molar refractivity (Wildman–Crippen MR) is 90.8 cm³/mol. The van der Waals surface area contributed by atoms with E-state index >= 15 is 0 Å². The number of benzene rings is 1. The van der Waals surface area contributed by atoms with Crippen LogP contribution in [0.1, 0.15) is 18.1 Å². The number of aryl methyl sites for hydroxylation is 1. The number of hydrogen-bond acceptors (Lipinski definition) is 2. The Hall–Kier alpha value is -2.30. The average molecular weight is 299 g/mol. The molecule has 1 aromatic heterocycles. The molecule has 5 heteroatoms. The van der Waals surface area contributed by atoms with Crippen LogP contribution in [-0.2, 0) is 20.0 Å². The molecular weight excluding hydrogens is 274 g/mol. The molecule has 22 heavy (non-hydrogen) atoms. The first-order valence-electron chi connectivity index (χ1n) is 7.70. The van der Waals surface area contributed by atoms with Gasteiger partial charge in [-0.3, -0.25) is 9.67 Å². The molecule has 0 radical (unpaired) electrons. The fraction of sp³-hybridized carbons (Fsp3) is 0.412. The third kappa shape index (κ3) is 4.91. The van der Waals surface area contributed by atoms with Gasteiger partial charge < -0.3 is 10.2 Å². The molecule has 0 atom stereocenters. The molecule has 0 spiro atoms. The van der Waals surface area contributed by atoms with Gasteiger partial charge in [-0.25, -0.2) is 0 Å². The molecule has 0 amide bonds. The first-order chi connectivity index (χ1) is 10.7. The van der Waals surface area contributed by atoms with E-state index in [-0.39, 0.29) is 0 Å². The fourth-order valence-electron chi connectivity index (χ4n) is 2.29. The Bertz CT molecular complexity index is 588. The van der Waals surface area contributed by atoms with Crippen molar-refractivity contribution >= 4 is 5.96 Å². The average Bonchev–Trinajstić information content (AvgIpc) is 2.93. The molecule has 2 rings (SSSR count). The lowest BCUT2D eigenvalue weighted by Gasteiger charge is -2.22. The number of hydrogen-bond donors (Lipinski definition) is 1. The van der Waals surface area contributed by atoms with Gasteiger partial charge >= 0.3 is 0 Å². The van der Waals surface area contributed by atoms with Gasteiger partial charge in [-0.05, 0) is 24.5 Å². The van der Waals surface area contributed by atoms with Crippen molar-refractivity contribution in [3.05, 3.63) is 53.9 Å². The Kier molecular flexibility index (Phi) is 6.01. The lowest BCUT2D eigenvalue weighted by atomic mass is 10.2. The van der Waals surface area contributed by atoms with Crippen molar-refractivity contribution in [1.29, 1.82) is 0 Å². The van der Waals surface area contributed by atoms with E-state index in [9.17, 15) is 0 Å². The summed E-state index contributed by atoms with van der Waals surface area (Å²) in [6, 6.07) is 10.4. The van der Waals surface area contributed by atoms with Gasteiger partial charge in [-0.1, -0.05) is 30.3 Å². The van der Waals surface area contributed by atoms with E-state index in [1.807, 2.05) is 30.2 Å². The van der Waals surface area contributed by atoms with Crippen LogP contribution in [0.15, 0.2) is 47.7 Å². The smallest absolute Gasteiger partial charge is 0.193 e. The number of nitrogens with one attached hydrogen (secondary N) is 1. The first-order valence-corrected chi connectivity index (χ1v) is 7.70. The second-order valence-electron chi connectivity index (χ2n) is 5.35. The van der Waals surface area contributed by atoms with Gasteiger partial charge in [0.05, 0.1) is 6.20 Å². The Balaban J connectivity index is 1.93. The number of aliphatic imine (C=N–C) groups is 1. The van der Waals surface area contributed by atoms with Gasteiger partial charge in [0.15, 0.2) is 5.96 Å². The molecule has 1 heterocycles. The lowest BCUT2D eigenvalue weighted by Crippen LogP contribution is -2.38. The van der Waals surface area contributed by atoms with E-state index in [1.165, 1.54) is 11.1 Å². The molecule has 1 N–H and O–H groups in total. The molecule has 0 saturated carbocycles. The van der Waals surface area contributed by atoms with Crippen LogP contribution in [0.25, 0.3) is 0 Å². The number of aromatic nitrogens is 2. The summed E-state index contributed by atoms with van der Waals surface area (Å²) in [5, 5.41) is 7.53. The molecule has 0 aliphatic carbocycles. The number of nitrogens with zero attached hydrogens (tertiary/aromatic N) is 4. The van der Waals surface area contributed by atoms with Crippen LogP contribution < -0.4 is 5.32 Å². The van der Waals surface area contributed by atoms with Crippen LogP contribution >= 0.6 is 0 Å². The minimum absolute atomic E-state index is 0.757. The Labute approximate surface area is 132 Å². The van der Waals surface area contributed by atoms with Crippen LogP contribution in [0.3, 0.4) is 0 Å². The summed E-state index contributed by atoms with van der Waals surface area (Å²) in [7, 11) is 4.00. The van der Waals surface area contributed by atoms with Crippen molar-refractivity contribution < 1.29 is 0 Å². The summed E-state index contributed by atoms with van der Waals surface area (Å²) in [6.07, 6.45) is 4.84. The molecule has 0 fully saturated rings. The highest BCUT2D eigenvalue weighted by Crippen LogP contribution is 2.03. The van der Waals surface area contributed by atoms with Crippen molar-refractivity contribution in [3.8, 4) is 0 Å². The molecule has 0 unspecified atom stereocenters. The fourth-order valence-corrected chi connectivity index (χ4v) is 2.29. The Morgan fingerprint density at radius 2 is 2.05 bits per heavy atom. The molecular formula is C17H25N5. The van der Waals surface area contributed by atoms with Gasteiger partial charge in [-0.15, -0.1) is 0 Å². The van der Waals surface area contributed by atoms with E-state index in [4.69, 9.17) is 4.99 Å². The zero-order valence-electron chi connectivity index (χ0n) is 13.7. The Morgan fingerprint density at radius 1 is 1.27 bits per heavy atom. The molecule has 5 nitrogen and oxygen atoms in total. The molecule has 0 aliphatic rings. The lowest BCUT2D eigenvalue weighted by molar-refractivity contribution is 0.477. The van der Waals surface area contributed by atoms with Gasteiger partial charge in [0.25, 0.3) is 0 Å². The molecule has 0 aliphatic heterocycles. The summed E-state index contributed by atoms with van der Waals surface area (Å²) < 4.78 is 1.83. The zero-order valence-corrected chi connectivity index (χ0v) is 13.7. The topological polar surface area (TPSA) is 45.5 Å². The number of guanidine groups is 1. The van der Waals surface area contributed by atoms with Crippen molar-refractivity contribution in [2.45, 2.75) is 19.9 Å². The van der Waals surface area contributed by atoms with Gasteiger partial charge in [0.1, 0.15) is 0 Å².